The molecule has 9 heteroatoms. The fourth-order valence-corrected chi connectivity index (χ4v) is 3.53. The van der Waals surface area contributed by atoms with Gasteiger partial charge in [-0.3, -0.25) is 9.59 Å². The Morgan fingerprint density at radius 3 is 2.47 bits per heavy atom. The number of amides is 2. The molecular weight excluding hydrogens is 412 g/mol. The van der Waals surface area contributed by atoms with Crippen LogP contribution < -0.4 is 15.4 Å². The van der Waals surface area contributed by atoms with Crippen LogP contribution in [0.15, 0.2) is 54.6 Å². The highest BCUT2D eigenvalue weighted by molar-refractivity contribution is 7.16. The second kappa shape index (κ2) is 9.93. The predicted molar refractivity (Wildman–Crippen MR) is 111 cm³/mol. The van der Waals surface area contributed by atoms with Crippen molar-refractivity contribution in [3.8, 4) is 17.0 Å². The van der Waals surface area contributed by atoms with Gasteiger partial charge in [-0.2, -0.15) is 8.78 Å². The summed E-state index contributed by atoms with van der Waals surface area (Å²) in [4.78, 5) is 29.4. The molecule has 0 aliphatic rings. The van der Waals surface area contributed by atoms with Crippen LogP contribution in [0.4, 0.5) is 13.9 Å². The first-order valence-corrected chi connectivity index (χ1v) is 9.90. The summed E-state index contributed by atoms with van der Waals surface area (Å²) >= 11 is 1.31. The van der Waals surface area contributed by atoms with Crippen LogP contribution in [0.2, 0.25) is 0 Å². The Balaban J connectivity index is 1.53. The number of hydrogen-bond acceptors (Lipinski definition) is 5. The van der Waals surface area contributed by atoms with E-state index in [2.05, 4.69) is 20.4 Å². The van der Waals surface area contributed by atoms with Crippen LogP contribution in [0.1, 0.15) is 21.7 Å². The summed E-state index contributed by atoms with van der Waals surface area (Å²) in [5.41, 5.74) is 1.90. The molecule has 0 fully saturated rings. The Labute approximate surface area is 175 Å². The number of carbonyl (C=O) groups excluding carboxylic acids is 2. The van der Waals surface area contributed by atoms with Crippen LogP contribution in [0, 0.1) is 6.92 Å². The van der Waals surface area contributed by atoms with Crippen LogP contribution in [-0.2, 0) is 4.79 Å². The highest BCUT2D eigenvalue weighted by atomic mass is 32.1. The van der Waals surface area contributed by atoms with Crippen molar-refractivity contribution >= 4 is 28.3 Å². The molecule has 2 N–H and O–H groups in total. The van der Waals surface area contributed by atoms with Crippen molar-refractivity contribution in [2.75, 3.05) is 11.9 Å². The van der Waals surface area contributed by atoms with Gasteiger partial charge in [0.15, 0.2) is 5.13 Å². The second-order valence-electron chi connectivity index (χ2n) is 6.25. The highest BCUT2D eigenvalue weighted by Gasteiger charge is 2.13. The van der Waals surface area contributed by atoms with E-state index in [4.69, 9.17) is 0 Å². The smallest absolute Gasteiger partial charge is 0.387 e. The summed E-state index contributed by atoms with van der Waals surface area (Å²) < 4.78 is 28.8. The minimum absolute atomic E-state index is 0.0627. The zero-order valence-electron chi connectivity index (χ0n) is 16.0. The predicted octanol–water partition coefficient (Wildman–Crippen LogP) is 4.48. The summed E-state index contributed by atoms with van der Waals surface area (Å²) in [5.74, 6) is -0.452. The molecule has 3 rings (SSSR count). The average Bonchev–Trinajstić information content (AvgIpc) is 3.08. The molecule has 6 nitrogen and oxygen atoms in total. The summed E-state index contributed by atoms with van der Waals surface area (Å²) in [7, 11) is 0. The van der Waals surface area contributed by atoms with Crippen molar-refractivity contribution in [3.05, 3.63) is 65.0 Å². The van der Waals surface area contributed by atoms with E-state index >= 15 is 0 Å². The van der Waals surface area contributed by atoms with Crippen molar-refractivity contribution in [2.24, 2.45) is 0 Å². The van der Waals surface area contributed by atoms with Gasteiger partial charge in [0, 0.05) is 29.0 Å². The molecule has 0 bridgehead atoms. The zero-order valence-corrected chi connectivity index (χ0v) is 16.8. The lowest BCUT2D eigenvalue weighted by Gasteiger charge is -2.05. The molecule has 3 aromatic rings. The van der Waals surface area contributed by atoms with Crippen molar-refractivity contribution in [1.82, 2.24) is 10.3 Å². The fourth-order valence-electron chi connectivity index (χ4n) is 2.67. The third-order valence-corrected chi connectivity index (χ3v) is 4.96. The number of thiazole rings is 1. The molecule has 0 saturated heterocycles. The molecule has 0 radical (unpaired) electrons. The first-order valence-electron chi connectivity index (χ1n) is 9.08. The molecule has 0 unspecified atom stereocenters. The molecule has 0 aliphatic carbocycles. The first-order chi connectivity index (χ1) is 14.4. The Morgan fingerprint density at radius 1 is 1.10 bits per heavy atom. The minimum Gasteiger partial charge on any atom is -0.435 e. The van der Waals surface area contributed by atoms with E-state index in [9.17, 15) is 18.4 Å². The van der Waals surface area contributed by atoms with Crippen molar-refractivity contribution in [1.29, 1.82) is 0 Å². The maximum atomic E-state index is 12.3. The number of anilines is 1. The largest absolute Gasteiger partial charge is 0.435 e. The number of ether oxygens (including phenoxy) is 1. The molecule has 0 spiro atoms. The molecule has 156 valence electrons. The lowest BCUT2D eigenvalue weighted by atomic mass is 10.1. The maximum absolute atomic E-state index is 12.3. The molecule has 30 heavy (non-hydrogen) atoms. The molecule has 0 atom stereocenters. The van der Waals surface area contributed by atoms with Gasteiger partial charge in [0.2, 0.25) is 5.91 Å². The normalized spacial score (nSPS) is 10.7. The quantitative estimate of drug-likeness (QED) is 0.551. The summed E-state index contributed by atoms with van der Waals surface area (Å²) in [6.45, 7) is -0.828. The van der Waals surface area contributed by atoms with E-state index in [1.54, 1.807) is 36.4 Å². The summed E-state index contributed by atoms with van der Waals surface area (Å²) in [6.07, 6.45) is 0.103. The Hall–Kier alpha value is -3.33. The minimum atomic E-state index is -2.88. The van der Waals surface area contributed by atoms with Gasteiger partial charge < -0.3 is 15.4 Å². The van der Waals surface area contributed by atoms with Crippen LogP contribution in [-0.4, -0.2) is 30.0 Å². The van der Waals surface area contributed by atoms with E-state index in [-0.39, 0.29) is 30.5 Å². The molecule has 0 aliphatic heterocycles. The van der Waals surface area contributed by atoms with Gasteiger partial charge in [-0.15, -0.1) is 11.3 Å². The van der Waals surface area contributed by atoms with Crippen molar-refractivity contribution in [3.63, 3.8) is 0 Å². The third kappa shape index (κ3) is 5.84. The van der Waals surface area contributed by atoms with Crippen LogP contribution in [0.25, 0.3) is 11.3 Å². The number of aryl methyl sites for hydroxylation is 1. The van der Waals surface area contributed by atoms with Crippen molar-refractivity contribution < 1.29 is 23.1 Å². The first kappa shape index (κ1) is 21.4. The molecule has 1 aromatic heterocycles. The van der Waals surface area contributed by atoms with Gasteiger partial charge >= 0.3 is 6.61 Å². The molecule has 0 saturated carbocycles. The van der Waals surface area contributed by atoms with E-state index in [0.29, 0.717) is 16.4 Å². The lowest BCUT2D eigenvalue weighted by molar-refractivity contribution is -0.116. The number of nitrogens with one attached hydrogen (secondary N) is 2. The summed E-state index contributed by atoms with van der Waals surface area (Å²) in [5, 5.41) is 5.84. The third-order valence-electron chi connectivity index (χ3n) is 4.07. The van der Waals surface area contributed by atoms with E-state index in [0.717, 1.165) is 10.4 Å². The Bertz CT molecular complexity index is 1010. The van der Waals surface area contributed by atoms with E-state index in [1.165, 1.54) is 23.5 Å². The van der Waals surface area contributed by atoms with Crippen molar-refractivity contribution in [2.45, 2.75) is 20.0 Å². The molecular formula is C21H19F2N3O3S. The van der Waals surface area contributed by atoms with E-state index in [1.807, 2.05) is 13.0 Å². The van der Waals surface area contributed by atoms with Gasteiger partial charge in [0.25, 0.3) is 5.91 Å². The standard InChI is InChI=1S/C21H19F2N3O3S/c1-13-18(14-7-9-16(10-8-14)29-20(22)23)26-21(30-13)25-17(27)11-12-24-19(28)15-5-3-2-4-6-15/h2-10,20H,11-12H2,1H3,(H,24,28)(H,25,26,27). The van der Waals surface area contributed by atoms with Gasteiger partial charge in [-0.05, 0) is 43.3 Å². The number of hydrogen-bond donors (Lipinski definition) is 2. The Morgan fingerprint density at radius 2 is 1.80 bits per heavy atom. The number of halogens is 2. The summed E-state index contributed by atoms with van der Waals surface area (Å²) in [6, 6.07) is 14.9. The van der Waals surface area contributed by atoms with Gasteiger partial charge in [0.1, 0.15) is 5.75 Å². The molecule has 2 aromatic carbocycles. The number of rotatable bonds is 8. The topological polar surface area (TPSA) is 80.3 Å². The van der Waals surface area contributed by atoms with E-state index < -0.39 is 6.61 Å². The second-order valence-corrected chi connectivity index (χ2v) is 7.45. The fraction of sp³-hybridized carbons (Fsp3) is 0.190. The monoisotopic (exact) mass is 431 g/mol. The van der Waals surface area contributed by atoms with Crippen LogP contribution >= 0.6 is 11.3 Å². The van der Waals surface area contributed by atoms with Crippen LogP contribution in [0.5, 0.6) is 5.75 Å². The molecule has 1 heterocycles. The van der Waals surface area contributed by atoms with Crippen LogP contribution in [0.3, 0.4) is 0 Å². The maximum Gasteiger partial charge on any atom is 0.387 e. The lowest BCUT2D eigenvalue weighted by Crippen LogP contribution is -2.27. The zero-order chi connectivity index (χ0) is 21.5. The van der Waals surface area contributed by atoms with Gasteiger partial charge in [-0.25, -0.2) is 4.98 Å². The average molecular weight is 431 g/mol. The number of benzene rings is 2. The van der Waals surface area contributed by atoms with Gasteiger partial charge in [0.05, 0.1) is 5.69 Å². The number of carbonyl (C=O) groups is 2. The highest BCUT2D eigenvalue weighted by Crippen LogP contribution is 2.31. The Kier molecular flexibility index (Phi) is 7.08. The number of nitrogens with zero attached hydrogens (tertiary/aromatic N) is 1. The molecule has 2 amide bonds. The number of alkyl halides is 2. The number of aromatic nitrogens is 1. The van der Waals surface area contributed by atoms with Gasteiger partial charge in [-0.1, -0.05) is 18.2 Å². The SMILES string of the molecule is Cc1sc(NC(=O)CCNC(=O)c2ccccc2)nc1-c1ccc(OC(F)F)cc1.